The molecule has 28 nitrogen and oxygen atoms in total. The van der Waals surface area contributed by atoms with E-state index in [2.05, 4.69) is 10.6 Å². The summed E-state index contributed by atoms with van der Waals surface area (Å²) in [5, 5.41) is 163. The number of hydrogen-bond donors (Lipinski definition) is 17. The van der Waals surface area contributed by atoms with Gasteiger partial charge in [-0.15, -0.1) is 0 Å². The number of hydrogen-bond acceptors (Lipinski definition) is 26. The zero-order valence-electron chi connectivity index (χ0n) is 33.2. The van der Waals surface area contributed by atoms with Crippen molar-refractivity contribution in [2.75, 3.05) is 33.0 Å². The molecule has 5 saturated heterocycles. The molecule has 5 aliphatic heterocycles. The van der Waals surface area contributed by atoms with Gasteiger partial charge in [0.15, 0.2) is 31.5 Å². The van der Waals surface area contributed by atoms with Crippen LogP contribution in [0.25, 0.3) is 0 Å². The summed E-state index contributed by atoms with van der Waals surface area (Å²) < 4.78 is 50.9. The van der Waals surface area contributed by atoms with Crippen LogP contribution in [-0.4, -0.2) is 275 Å². The summed E-state index contributed by atoms with van der Waals surface area (Å²) in [6.45, 7) is -2.29. The molecule has 25 atom stereocenters. The van der Waals surface area contributed by atoms with Crippen LogP contribution in [0.1, 0.15) is 13.8 Å². The van der Waals surface area contributed by atoms with Crippen LogP contribution in [0, 0.1) is 0 Å². The van der Waals surface area contributed by atoms with E-state index in [0.29, 0.717) is 0 Å². The summed E-state index contributed by atoms with van der Waals surface area (Å²) in [6, 6.07) is -3.13. The third kappa shape index (κ3) is 11.0. The first-order valence-electron chi connectivity index (χ1n) is 19.6. The van der Waals surface area contributed by atoms with Crippen molar-refractivity contribution in [2.45, 2.75) is 167 Å². The van der Waals surface area contributed by atoms with E-state index in [-0.39, 0.29) is 0 Å². The lowest BCUT2D eigenvalue weighted by Gasteiger charge is -2.49. The molecule has 62 heavy (non-hydrogen) atoms. The predicted molar refractivity (Wildman–Crippen MR) is 190 cm³/mol. The standard InChI is InChI=1S/C34H58N2O26/c1-8(41)35-15-22(48)17(43)10(3-37)56-31(15)61-28-24(50)19(45)12(5-39)58-33(28)54-7-14-21(47)27(26(52)30(53)55-14)60-34-29(25(51)20(46)13(6-40)59-34)62-32-16(36-9(2)42)23(49)18(44)11(4-38)57-32/h10-34,37-40,43-53H,3-7H2,1-2H3,(H,35,41)(H,36,42)/t10-,11-,12-,13-,14-,15-,16-,17-,18-,19-,20-,21-,22-,23-,24+,25+,26+,27+,28+,29+,30+,31+,32-,33+,34-/m1/s1. The highest BCUT2D eigenvalue weighted by Gasteiger charge is 2.56. The molecular formula is C34H58N2O26. The Balaban J connectivity index is 1.37. The number of rotatable bonds is 15. The maximum atomic E-state index is 12.0. The van der Waals surface area contributed by atoms with Gasteiger partial charge in [-0.3, -0.25) is 9.59 Å². The molecule has 360 valence electrons. The SMILES string of the molecule is CC(=O)N[C@H]1[C@H](O[C@@H]2[C@@H](OC[C@H]3O[C@H](O)[C@@H](O)[C@@H](O[C@H]4O[C@H](CO)[C@@H](O)[C@H](O)[C@@H]4O[C@H]4O[C@H](CO)[C@@H](O)[C@H](O)[C@H]4NC(C)=O)[C@@H]3O)O[C@H](CO)[C@@H](O)[C@@H]2O)O[C@H](CO)[C@@H](O)[C@@H]1O. The molecule has 0 unspecified atom stereocenters. The van der Waals surface area contributed by atoms with Gasteiger partial charge in [0.1, 0.15) is 122 Å². The van der Waals surface area contributed by atoms with Crippen LogP contribution in [0.2, 0.25) is 0 Å². The maximum Gasteiger partial charge on any atom is 0.217 e. The molecule has 5 fully saturated rings. The van der Waals surface area contributed by atoms with Crippen molar-refractivity contribution in [1.82, 2.24) is 10.6 Å². The van der Waals surface area contributed by atoms with Crippen LogP contribution in [0.4, 0.5) is 0 Å². The highest BCUT2D eigenvalue weighted by atomic mass is 16.8. The fourth-order valence-corrected chi connectivity index (χ4v) is 7.69. The lowest BCUT2D eigenvalue weighted by Crippen LogP contribution is -2.69. The van der Waals surface area contributed by atoms with Crippen molar-refractivity contribution < 1.29 is 129 Å². The van der Waals surface area contributed by atoms with E-state index in [4.69, 9.17) is 42.6 Å². The number of ether oxygens (including phenoxy) is 9. The van der Waals surface area contributed by atoms with Crippen LogP contribution < -0.4 is 10.6 Å². The normalized spacial score (nSPS) is 49.0. The summed E-state index contributed by atoms with van der Waals surface area (Å²) in [5.74, 6) is -1.47. The Morgan fingerprint density at radius 3 is 1.18 bits per heavy atom. The highest BCUT2D eigenvalue weighted by Crippen LogP contribution is 2.34. The van der Waals surface area contributed by atoms with Gasteiger partial charge in [-0.05, 0) is 0 Å². The molecule has 0 radical (unpaired) electrons. The van der Waals surface area contributed by atoms with Gasteiger partial charge in [-0.2, -0.15) is 0 Å². The number of amides is 2. The third-order valence-electron chi connectivity index (χ3n) is 11.1. The molecule has 28 heteroatoms. The Kier molecular flexibility index (Phi) is 18.1. The minimum absolute atomic E-state index is 0.727. The molecule has 0 aromatic heterocycles. The lowest BCUT2D eigenvalue weighted by atomic mass is 9.95. The zero-order chi connectivity index (χ0) is 45.9. The van der Waals surface area contributed by atoms with Crippen LogP contribution in [0.3, 0.4) is 0 Å². The first-order chi connectivity index (χ1) is 29.3. The second-order valence-corrected chi connectivity index (χ2v) is 15.5. The van der Waals surface area contributed by atoms with Gasteiger partial charge in [0.25, 0.3) is 0 Å². The van der Waals surface area contributed by atoms with Crippen LogP contribution in [0.15, 0.2) is 0 Å². The van der Waals surface area contributed by atoms with Crippen molar-refractivity contribution in [1.29, 1.82) is 0 Å². The average Bonchev–Trinajstić information content (AvgIpc) is 3.23. The molecule has 0 spiro atoms. The molecule has 0 aromatic carbocycles. The number of carbonyl (C=O) groups is 2. The number of carbonyl (C=O) groups excluding carboxylic acids is 2. The molecule has 0 aromatic rings. The smallest absolute Gasteiger partial charge is 0.217 e. The monoisotopic (exact) mass is 910 g/mol. The maximum absolute atomic E-state index is 12.0. The van der Waals surface area contributed by atoms with Crippen molar-refractivity contribution in [3.63, 3.8) is 0 Å². The van der Waals surface area contributed by atoms with Crippen molar-refractivity contribution in [3.05, 3.63) is 0 Å². The van der Waals surface area contributed by atoms with E-state index in [1.807, 2.05) is 0 Å². The number of aliphatic hydroxyl groups excluding tert-OH is 15. The second kappa shape index (κ2) is 22.0. The fraction of sp³-hybridized carbons (Fsp3) is 0.941. The molecular weight excluding hydrogens is 852 g/mol. The first-order valence-corrected chi connectivity index (χ1v) is 19.6. The Hall–Kier alpha value is -2.02. The molecule has 2 amide bonds. The second-order valence-electron chi connectivity index (χ2n) is 15.5. The summed E-state index contributed by atoms with van der Waals surface area (Å²) >= 11 is 0. The van der Waals surface area contributed by atoms with Gasteiger partial charge in [0.05, 0.1) is 33.0 Å². The summed E-state index contributed by atoms with van der Waals surface area (Å²) in [6.07, 6.45) is -42.4. The topological polar surface area (TPSA) is 445 Å². The van der Waals surface area contributed by atoms with Gasteiger partial charge in [0.2, 0.25) is 11.8 Å². The van der Waals surface area contributed by atoms with Crippen molar-refractivity contribution >= 4 is 11.8 Å². The lowest BCUT2D eigenvalue weighted by molar-refractivity contribution is -0.385. The number of nitrogens with one attached hydrogen (secondary N) is 2. The van der Waals surface area contributed by atoms with E-state index < -0.39 is 198 Å². The van der Waals surface area contributed by atoms with E-state index >= 15 is 0 Å². The van der Waals surface area contributed by atoms with Gasteiger partial charge in [-0.1, -0.05) is 0 Å². The Bertz CT molecular complexity index is 1440. The third-order valence-corrected chi connectivity index (χ3v) is 11.1. The Labute approximate surface area is 351 Å². The summed E-state index contributed by atoms with van der Waals surface area (Å²) in [5.41, 5.74) is 0. The average molecular weight is 911 g/mol. The van der Waals surface area contributed by atoms with E-state index in [9.17, 15) is 86.2 Å². The van der Waals surface area contributed by atoms with Crippen molar-refractivity contribution in [2.24, 2.45) is 0 Å². The van der Waals surface area contributed by atoms with Crippen molar-refractivity contribution in [3.8, 4) is 0 Å². The molecule has 0 saturated carbocycles. The van der Waals surface area contributed by atoms with Gasteiger partial charge in [0, 0.05) is 13.8 Å². The Morgan fingerprint density at radius 1 is 0.419 bits per heavy atom. The van der Waals surface area contributed by atoms with Gasteiger partial charge >= 0.3 is 0 Å². The zero-order valence-corrected chi connectivity index (χ0v) is 33.2. The minimum atomic E-state index is -2.19. The van der Waals surface area contributed by atoms with Crippen LogP contribution >= 0.6 is 0 Å². The van der Waals surface area contributed by atoms with E-state index in [1.54, 1.807) is 0 Å². The molecule has 5 aliphatic rings. The Morgan fingerprint density at radius 2 is 0.774 bits per heavy atom. The number of aliphatic hydroxyl groups is 15. The van der Waals surface area contributed by atoms with E-state index in [1.165, 1.54) is 0 Å². The largest absolute Gasteiger partial charge is 0.394 e. The molecule has 17 N–H and O–H groups in total. The quantitative estimate of drug-likeness (QED) is 0.0725. The van der Waals surface area contributed by atoms with Crippen LogP contribution in [-0.2, 0) is 52.2 Å². The predicted octanol–water partition coefficient (Wildman–Crippen LogP) is -11.6. The van der Waals surface area contributed by atoms with E-state index in [0.717, 1.165) is 13.8 Å². The summed E-state index contributed by atoms with van der Waals surface area (Å²) in [7, 11) is 0. The highest BCUT2D eigenvalue weighted by molar-refractivity contribution is 5.73. The van der Waals surface area contributed by atoms with Gasteiger partial charge < -0.3 is 130 Å². The molecule has 0 aliphatic carbocycles. The molecule has 0 bridgehead atoms. The van der Waals surface area contributed by atoms with Gasteiger partial charge in [-0.25, -0.2) is 0 Å². The fourth-order valence-electron chi connectivity index (χ4n) is 7.69. The van der Waals surface area contributed by atoms with Crippen LogP contribution in [0.5, 0.6) is 0 Å². The minimum Gasteiger partial charge on any atom is -0.394 e. The molecule has 5 heterocycles. The molecule has 5 rings (SSSR count). The summed E-state index contributed by atoms with van der Waals surface area (Å²) in [4.78, 5) is 24.0. The first kappa shape index (κ1) is 51.0.